The standard InChI is InChI=1S/C19H27N3O3S/c1-4-20-18(25)19-6-5-8-22(16(19)11-21(3)9-7-19)17(24)14-10-15(13(2)23)26-12-14/h10,12,16H,4-9,11H2,1-3H3,(H,20,25)/t16-,19+/m0/s1. The number of rotatable bonds is 4. The largest absolute Gasteiger partial charge is 0.356 e. The number of likely N-dealkylation sites (N-methyl/N-ethyl adjacent to an activating group) is 1. The van der Waals surface area contributed by atoms with Gasteiger partial charge in [0.25, 0.3) is 5.91 Å². The number of nitrogens with zero attached hydrogens (tertiary/aromatic N) is 2. The molecule has 0 aliphatic carbocycles. The van der Waals surface area contributed by atoms with E-state index in [0.29, 0.717) is 30.1 Å². The van der Waals surface area contributed by atoms with Crippen molar-refractivity contribution in [1.29, 1.82) is 0 Å². The van der Waals surface area contributed by atoms with Crippen LogP contribution in [0.1, 0.15) is 53.1 Å². The van der Waals surface area contributed by atoms with E-state index >= 15 is 0 Å². The second-order valence-corrected chi connectivity index (χ2v) is 8.31. The molecule has 0 unspecified atom stereocenters. The average molecular weight is 378 g/mol. The molecule has 0 radical (unpaired) electrons. The van der Waals surface area contributed by atoms with Gasteiger partial charge in [0.15, 0.2) is 5.78 Å². The molecule has 2 atom stereocenters. The van der Waals surface area contributed by atoms with Crippen molar-refractivity contribution < 1.29 is 14.4 Å². The molecule has 1 N–H and O–H groups in total. The predicted molar refractivity (Wildman–Crippen MR) is 102 cm³/mol. The second-order valence-electron chi connectivity index (χ2n) is 7.40. The van der Waals surface area contributed by atoms with Crippen LogP contribution in [0.15, 0.2) is 11.4 Å². The van der Waals surface area contributed by atoms with Gasteiger partial charge in [0, 0.05) is 25.0 Å². The fourth-order valence-corrected chi connectivity index (χ4v) is 5.07. The van der Waals surface area contributed by atoms with Crippen molar-refractivity contribution in [2.45, 2.75) is 39.2 Å². The normalized spacial score (nSPS) is 26.3. The highest BCUT2D eigenvalue weighted by molar-refractivity contribution is 7.12. The minimum atomic E-state index is -0.504. The van der Waals surface area contributed by atoms with E-state index in [1.807, 2.05) is 18.9 Å². The molecule has 3 heterocycles. The van der Waals surface area contributed by atoms with E-state index in [1.165, 1.54) is 18.3 Å². The highest BCUT2D eigenvalue weighted by Gasteiger charge is 2.53. The van der Waals surface area contributed by atoms with Crippen LogP contribution >= 0.6 is 11.3 Å². The van der Waals surface area contributed by atoms with Crippen molar-refractivity contribution in [3.63, 3.8) is 0 Å². The van der Waals surface area contributed by atoms with Crippen molar-refractivity contribution in [2.75, 3.05) is 33.2 Å². The molecule has 2 amide bonds. The summed E-state index contributed by atoms with van der Waals surface area (Å²) in [6.45, 7) is 6.26. The quantitative estimate of drug-likeness (QED) is 0.815. The number of nitrogens with one attached hydrogen (secondary N) is 1. The van der Waals surface area contributed by atoms with E-state index in [9.17, 15) is 14.4 Å². The summed E-state index contributed by atoms with van der Waals surface area (Å²) in [6, 6.07) is 1.55. The lowest BCUT2D eigenvalue weighted by Gasteiger charge is -2.53. The topological polar surface area (TPSA) is 69.7 Å². The third kappa shape index (κ3) is 3.30. The van der Waals surface area contributed by atoms with Crippen LogP contribution in [-0.2, 0) is 4.79 Å². The fourth-order valence-electron chi connectivity index (χ4n) is 4.28. The molecule has 0 bridgehead atoms. The van der Waals surface area contributed by atoms with Crippen molar-refractivity contribution in [2.24, 2.45) is 5.41 Å². The first-order chi connectivity index (χ1) is 12.4. The van der Waals surface area contributed by atoms with Gasteiger partial charge in [-0.3, -0.25) is 14.4 Å². The Morgan fingerprint density at radius 2 is 2.08 bits per heavy atom. The van der Waals surface area contributed by atoms with Gasteiger partial charge in [-0.05, 0) is 52.8 Å². The predicted octanol–water partition coefficient (Wildman–Crippen LogP) is 2.01. The number of piperidine rings is 2. The Morgan fingerprint density at radius 1 is 1.31 bits per heavy atom. The highest BCUT2D eigenvalue weighted by atomic mass is 32.1. The minimum absolute atomic E-state index is 0.0261. The SMILES string of the molecule is CCNC(=O)[C@@]12CCCN(C(=O)c3csc(C(C)=O)c3)[C@H]1CN(C)CC2. The molecular weight excluding hydrogens is 350 g/mol. The first-order valence-electron chi connectivity index (χ1n) is 9.26. The fraction of sp³-hybridized carbons (Fsp3) is 0.632. The molecule has 0 spiro atoms. The van der Waals surface area contributed by atoms with Gasteiger partial charge < -0.3 is 15.1 Å². The Morgan fingerprint density at radius 3 is 2.73 bits per heavy atom. The van der Waals surface area contributed by atoms with Gasteiger partial charge in [-0.1, -0.05) is 0 Å². The number of hydrogen-bond acceptors (Lipinski definition) is 5. The van der Waals surface area contributed by atoms with Gasteiger partial charge in [-0.25, -0.2) is 0 Å². The molecule has 26 heavy (non-hydrogen) atoms. The first-order valence-corrected chi connectivity index (χ1v) is 10.1. The van der Waals surface area contributed by atoms with Crippen molar-refractivity contribution in [3.8, 4) is 0 Å². The molecule has 0 saturated carbocycles. The number of Topliss-reactive ketones (excluding diaryl/α,β-unsaturated/α-hetero) is 1. The van der Waals surface area contributed by atoms with Gasteiger partial charge in [-0.15, -0.1) is 11.3 Å². The molecule has 142 valence electrons. The number of carbonyl (C=O) groups is 3. The lowest BCUT2D eigenvalue weighted by atomic mass is 9.67. The number of amides is 2. The lowest BCUT2D eigenvalue weighted by molar-refractivity contribution is -0.142. The second kappa shape index (κ2) is 7.48. The maximum atomic E-state index is 13.2. The molecule has 2 fully saturated rings. The van der Waals surface area contributed by atoms with Crippen LogP contribution in [0.2, 0.25) is 0 Å². The summed E-state index contributed by atoms with van der Waals surface area (Å²) in [5.41, 5.74) is 0.0516. The number of ketones is 1. The maximum absolute atomic E-state index is 13.2. The average Bonchev–Trinajstić information content (AvgIpc) is 3.11. The summed E-state index contributed by atoms with van der Waals surface area (Å²) in [6.07, 6.45) is 2.42. The Kier molecular flexibility index (Phi) is 5.48. The summed E-state index contributed by atoms with van der Waals surface area (Å²) in [5.74, 6) is -0.0190. The molecule has 7 heteroatoms. The monoisotopic (exact) mass is 377 g/mol. The molecule has 0 aromatic carbocycles. The minimum Gasteiger partial charge on any atom is -0.356 e. The molecule has 2 saturated heterocycles. The molecule has 3 rings (SSSR count). The highest BCUT2D eigenvalue weighted by Crippen LogP contribution is 2.43. The molecule has 1 aromatic rings. The Labute approximate surface area is 158 Å². The van der Waals surface area contributed by atoms with Crippen LogP contribution < -0.4 is 5.32 Å². The van der Waals surface area contributed by atoms with E-state index in [0.717, 1.165) is 25.8 Å². The summed E-state index contributed by atoms with van der Waals surface area (Å²) >= 11 is 1.31. The van der Waals surface area contributed by atoms with Crippen LogP contribution in [0.4, 0.5) is 0 Å². The van der Waals surface area contributed by atoms with E-state index in [1.54, 1.807) is 11.4 Å². The lowest BCUT2D eigenvalue weighted by Crippen LogP contribution is -2.66. The van der Waals surface area contributed by atoms with Gasteiger partial charge in [-0.2, -0.15) is 0 Å². The molecule has 2 aliphatic rings. The van der Waals surface area contributed by atoms with E-state index < -0.39 is 5.41 Å². The zero-order valence-corrected chi connectivity index (χ0v) is 16.5. The molecule has 1 aromatic heterocycles. The smallest absolute Gasteiger partial charge is 0.255 e. The molecule has 6 nitrogen and oxygen atoms in total. The summed E-state index contributed by atoms with van der Waals surface area (Å²) in [5, 5.41) is 4.76. The number of carbonyl (C=O) groups excluding carboxylic acids is 3. The first kappa shape index (κ1) is 19.0. The summed E-state index contributed by atoms with van der Waals surface area (Å²) < 4.78 is 0. The van der Waals surface area contributed by atoms with Crippen molar-refractivity contribution in [3.05, 3.63) is 21.9 Å². The van der Waals surface area contributed by atoms with Crippen LogP contribution in [0.25, 0.3) is 0 Å². The Bertz CT molecular complexity index is 717. The number of hydrogen-bond donors (Lipinski definition) is 1. The van der Waals surface area contributed by atoms with Crippen molar-refractivity contribution in [1.82, 2.24) is 15.1 Å². The van der Waals surface area contributed by atoms with Crippen molar-refractivity contribution >= 4 is 28.9 Å². The number of likely N-dealkylation sites (tertiary alicyclic amines) is 2. The van der Waals surface area contributed by atoms with E-state index in [2.05, 4.69) is 10.2 Å². The van der Waals surface area contributed by atoms with Crippen LogP contribution in [-0.4, -0.2) is 66.7 Å². The zero-order valence-electron chi connectivity index (χ0n) is 15.7. The van der Waals surface area contributed by atoms with Gasteiger partial charge >= 0.3 is 0 Å². The van der Waals surface area contributed by atoms with E-state index in [-0.39, 0.29) is 23.6 Å². The number of thiophene rings is 1. The van der Waals surface area contributed by atoms with Gasteiger partial charge in [0.2, 0.25) is 5.91 Å². The zero-order chi connectivity index (χ0) is 18.9. The third-order valence-electron chi connectivity index (χ3n) is 5.70. The summed E-state index contributed by atoms with van der Waals surface area (Å²) in [7, 11) is 2.04. The Hall–Kier alpha value is -1.73. The number of fused-ring (bicyclic) bond motifs is 1. The van der Waals surface area contributed by atoms with Crippen LogP contribution in [0.3, 0.4) is 0 Å². The van der Waals surface area contributed by atoms with Crippen LogP contribution in [0, 0.1) is 5.41 Å². The Balaban J connectivity index is 1.91. The van der Waals surface area contributed by atoms with Gasteiger partial charge in [0.05, 0.1) is 21.9 Å². The van der Waals surface area contributed by atoms with Crippen LogP contribution in [0.5, 0.6) is 0 Å². The van der Waals surface area contributed by atoms with Gasteiger partial charge in [0.1, 0.15) is 0 Å². The van der Waals surface area contributed by atoms with E-state index in [4.69, 9.17) is 0 Å². The third-order valence-corrected chi connectivity index (χ3v) is 6.74. The maximum Gasteiger partial charge on any atom is 0.255 e. The molecule has 2 aliphatic heterocycles. The summed E-state index contributed by atoms with van der Waals surface area (Å²) in [4.78, 5) is 42.4. The molecular formula is C19H27N3O3S.